The lowest BCUT2D eigenvalue weighted by molar-refractivity contribution is 0.841. The van der Waals surface area contributed by atoms with Crippen LogP contribution in [-0.2, 0) is 0 Å². The zero-order valence-corrected chi connectivity index (χ0v) is 18.6. The third kappa shape index (κ3) is 4.06. The number of anilines is 1. The molecule has 5 rings (SSSR count). The predicted octanol–water partition coefficient (Wildman–Crippen LogP) is 7.78. The minimum atomic E-state index is 0.740. The van der Waals surface area contributed by atoms with Crippen molar-refractivity contribution in [2.24, 2.45) is 0 Å². The fraction of sp³-hybridized carbons (Fsp3) is 0.172. The number of allylic oxidation sites excluding steroid dienone is 4. The summed E-state index contributed by atoms with van der Waals surface area (Å²) in [4.78, 5) is 9.81. The van der Waals surface area contributed by atoms with Gasteiger partial charge in [-0.3, -0.25) is 0 Å². The van der Waals surface area contributed by atoms with Crippen molar-refractivity contribution in [3.05, 3.63) is 102 Å². The maximum absolute atomic E-state index is 4.95. The van der Waals surface area contributed by atoms with Gasteiger partial charge >= 0.3 is 0 Å². The molecule has 1 heterocycles. The molecule has 0 spiro atoms. The van der Waals surface area contributed by atoms with Gasteiger partial charge in [-0.25, -0.2) is 9.97 Å². The molecule has 0 bridgehead atoms. The van der Waals surface area contributed by atoms with Crippen molar-refractivity contribution in [2.45, 2.75) is 33.1 Å². The molecule has 0 aliphatic heterocycles. The molecule has 0 radical (unpaired) electrons. The average molecular weight is 418 g/mol. The lowest BCUT2D eigenvalue weighted by atomic mass is 9.94. The minimum Gasteiger partial charge on any atom is -0.343 e. The summed E-state index contributed by atoms with van der Waals surface area (Å²) in [6.07, 6.45) is 5.51. The zero-order chi connectivity index (χ0) is 21.9. The van der Waals surface area contributed by atoms with Crippen LogP contribution in [0.4, 0.5) is 5.82 Å². The number of benzene rings is 3. The largest absolute Gasteiger partial charge is 0.343 e. The van der Waals surface area contributed by atoms with Gasteiger partial charge in [0.05, 0.1) is 5.52 Å². The van der Waals surface area contributed by atoms with Gasteiger partial charge in [0.2, 0.25) is 0 Å². The predicted molar refractivity (Wildman–Crippen MR) is 134 cm³/mol. The highest BCUT2D eigenvalue weighted by atomic mass is 15.0. The third-order valence-electron chi connectivity index (χ3n) is 6.20. The van der Waals surface area contributed by atoms with Gasteiger partial charge in [0, 0.05) is 16.6 Å². The number of hydrogen-bond donors (Lipinski definition) is 1. The topological polar surface area (TPSA) is 37.8 Å². The van der Waals surface area contributed by atoms with Gasteiger partial charge in [0.25, 0.3) is 0 Å². The molecule has 0 saturated heterocycles. The van der Waals surface area contributed by atoms with Gasteiger partial charge in [-0.15, -0.1) is 0 Å². The van der Waals surface area contributed by atoms with Crippen molar-refractivity contribution in [3.63, 3.8) is 0 Å². The molecule has 3 aromatic carbocycles. The minimum absolute atomic E-state index is 0.740. The molecular weight excluding hydrogens is 390 g/mol. The number of nitrogens with one attached hydrogen (secondary N) is 1. The monoisotopic (exact) mass is 417 g/mol. The Hall–Kier alpha value is -3.72. The molecule has 1 N–H and O–H groups in total. The first-order chi connectivity index (χ1) is 15.7. The van der Waals surface area contributed by atoms with Gasteiger partial charge in [-0.2, -0.15) is 0 Å². The summed E-state index contributed by atoms with van der Waals surface area (Å²) < 4.78 is 0. The summed E-state index contributed by atoms with van der Waals surface area (Å²) in [6.45, 7) is 4.44. The second-order valence-corrected chi connectivity index (χ2v) is 8.29. The fourth-order valence-corrected chi connectivity index (χ4v) is 4.37. The average Bonchev–Trinajstić information content (AvgIpc) is 2.85. The number of nitrogens with zero attached hydrogens (tertiary/aromatic N) is 2. The molecule has 32 heavy (non-hydrogen) atoms. The third-order valence-corrected chi connectivity index (χ3v) is 6.20. The highest BCUT2D eigenvalue weighted by Crippen LogP contribution is 2.31. The number of fused-ring (bicyclic) bond motifs is 1. The summed E-state index contributed by atoms with van der Waals surface area (Å²) in [5, 5.41) is 4.66. The fourth-order valence-electron chi connectivity index (χ4n) is 4.37. The maximum Gasteiger partial charge on any atom is 0.162 e. The number of para-hydroxylation sites is 1. The van der Waals surface area contributed by atoms with Gasteiger partial charge in [0.1, 0.15) is 5.82 Å². The van der Waals surface area contributed by atoms with Crippen LogP contribution in [0, 0.1) is 0 Å². The van der Waals surface area contributed by atoms with Crippen molar-refractivity contribution >= 4 is 16.7 Å². The van der Waals surface area contributed by atoms with Crippen LogP contribution in [0.1, 0.15) is 33.1 Å². The van der Waals surface area contributed by atoms with Crippen LogP contribution in [-0.4, -0.2) is 9.97 Å². The Morgan fingerprint density at radius 3 is 2.19 bits per heavy atom. The van der Waals surface area contributed by atoms with Gasteiger partial charge in [-0.1, -0.05) is 84.8 Å². The summed E-state index contributed by atoms with van der Waals surface area (Å²) in [5.41, 5.74) is 8.49. The second-order valence-electron chi connectivity index (χ2n) is 8.29. The van der Waals surface area contributed by atoms with E-state index in [0.29, 0.717) is 0 Å². The van der Waals surface area contributed by atoms with Crippen molar-refractivity contribution in [1.29, 1.82) is 0 Å². The zero-order valence-electron chi connectivity index (χ0n) is 18.6. The Labute approximate surface area is 189 Å². The molecule has 3 heteroatoms. The molecule has 1 aliphatic carbocycles. The van der Waals surface area contributed by atoms with Crippen molar-refractivity contribution in [3.8, 4) is 22.5 Å². The van der Waals surface area contributed by atoms with E-state index < -0.39 is 0 Å². The first-order valence-corrected chi connectivity index (χ1v) is 11.3. The van der Waals surface area contributed by atoms with Crippen molar-refractivity contribution in [2.75, 3.05) is 5.32 Å². The van der Waals surface area contributed by atoms with E-state index in [1.54, 1.807) is 5.57 Å². The number of aromatic nitrogens is 2. The van der Waals surface area contributed by atoms with Gasteiger partial charge < -0.3 is 5.32 Å². The molecule has 1 aliphatic rings. The normalized spacial score (nSPS) is 13.9. The molecule has 3 nitrogen and oxygen atoms in total. The van der Waals surface area contributed by atoms with Crippen LogP contribution >= 0.6 is 0 Å². The Balaban J connectivity index is 1.52. The molecule has 0 atom stereocenters. The van der Waals surface area contributed by atoms with Gasteiger partial charge in [-0.05, 0) is 55.5 Å². The van der Waals surface area contributed by atoms with E-state index in [4.69, 9.17) is 9.97 Å². The Kier molecular flexibility index (Phi) is 5.55. The lowest BCUT2D eigenvalue weighted by Crippen LogP contribution is -2.08. The summed E-state index contributed by atoms with van der Waals surface area (Å²) in [5.74, 6) is 1.61. The smallest absolute Gasteiger partial charge is 0.162 e. The van der Waals surface area contributed by atoms with Crippen LogP contribution in [0.2, 0.25) is 0 Å². The highest BCUT2D eigenvalue weighted by Gasteiger charge is 2.14. The van der Waals surface area contributed by atoms with Crippen molar-refractivity contribution in [1.82, 2.24) is 9.97 Å². The van der Waals surface area contributed by atoms with Gasteiger partial charge in [0.15, 0.2) is 5.82 Å². The number of rotatable bonds is 5. The quantitative estimate of drug-likeness (QED) is 0.360. The van der Waals surface area contributed by atoms with E-state index in [0.717, 1.165) is 47.4 Å². The first-order valence-electron chi connectivity index (χ1n) is 11.3. The maximum atomic E-state index is 4.95. The van der Waals surface area contributed by atoms with E-state index in [9.17, 15) is 0 Å². The Morgan fingerprint density at radius 2 is 1.44 bits per heavy atom. The summed E-state index contributed by atoms with van der Waals surface area (Å²) >= 11 is 0. The molecule has 4 aromatic rings. The molecule has 0 fully saturated rings. The molecular formula is C29H27N3. The van der Waals surface area contributed by atoms with E-state index >= 15 is 0 Å². The molecule has 0 amide bonds. The van der Waals surface area contributed by atoms with E-state index in [1.165, 1.54) is 22.4 Å². The summed E-state index contributed by atoms with van der Waals surface area (Å²) in [6, 6.07) is 27.1. The molecule has 1 aromatic heterocycles. The SMILES string of the molecule is CCC1=C(C)C=C(Nc2nc(-c3ccc(-c4ccccc4)cc3)nc3ccccc23)CC1. The Bertz CT molecular complexity index is 1320. The highest BCUT2D eigenvalue weighted by molar-refractivity contribution is 5.91. The Morgan fingerprint density at radius 1 is 0.750 bits per heavy atom. The molecule has 0 saturated carbocycles. The molecule has 0 unspecified atom stereocenters. The molecule has 158 valence electrons. The first kappa shape index (κ1) is 20.2. The van der Waals surface area contributed by atoms with E-state index in [2.05, 4.69) is 85.9 Å². The summed E-state index contributed by atoms with van der Waals surface area (Å²) in [7, 11) is 0. The van der Waals surface area contributed by atoms with Crippen LogP contribution < -0.4 is 5.32 Å². The second kappa shape index (κ2) is 8.80. The van der Waals surface area contributed by atoms with E-state index in [-0.39, 0.29) is 0 Å². The van der Waals surface area contributed by atoms with Crippen LogP contribution in [0.15, 0.2) is 102 Å². The van der Waals surface area contributed by atoms with Crippen LogP contribution in [0.3, 0.4) is 0 Å². The van der Waals surface area contributed by atoms with E-state index in [1.807, 2.05) is 18.2 Å². The van der Waals surface area contributed by atoms with Crippen LogP contribution in [0.5, 0.6) is 0 Å². The lowest BCUT2D eigenvalue weighted by Gasteiger charge is -2.19. The number of hydrogen-bond acceptors (Lipinski definition) is 3. The van der Waals surface area contributed by atoms with Crippen molar-refractivity contribution < 1.29 is 0 Å². The van der Waals surface area contributed by atoms with Crippen LogP contribution in [0.25, 0.3) is 33.4 Å². The standard InChI is InChI=1S/C29H27N3/c1-3-21-17-18-25(19-20(21)2)30-29-26-11-7-8-12-27(26)31-28(32-29)24-15-13-23(14-16-24)22-9-5-4-6-10-22/h4-16,19H,3,17-18H2,1-2H3,(H,30,31,32).